The minimum atomic E-state index is -0.744. The summed E-state index contributed by atoms with van der Waals surface area (Å²) >= 11 is 0. The zero-order valence-electron chi connectivity index (χ0n) is 20.7. The fourth-order valence-corrected chi connectivity index (χ4v) is 4.01. The smallest absolute Gasteiger partial charge is 0.251 e. The number of hydrogen-bond donors (Lipinski definition) is 2. The highest BCUT2D eigenvalue weighted by molar-refractivity contribution is 5.97. The van der Waals surface area contributed by atoms with Crippen LogP contribution in [0.2, 0.25) is 0 Å². The molecule has 0 bridgehead atoms. The van der Waals surface area contributed by atoms with E-state index in [1.807, 2.05) is 13.1 Å². The second-order valence-electron chi connectivity index (χ2n) is 9.08. The predicted octanol–water partition coefficient (Wildman–Crippen LogP) is 2.54. The number of halogens is 1. The van der Waals surface area contributed by atoms with Gasteiger partial charge in [0.25, 0.3) is 5.91 Å². The van der Waals surface area contributed by atoms with Crippen molar-refractivity contribution in [1.29, 1.82) is 0 Å². The van der Waals surface area contributed by atoms with Gasteiger partial charge in [0.2, 0.25) is 5.91 Å². The minimum absolute atomic E-state index is 0.109. The molecule has 2 amide bonds. The first-order valence-corrected chi connectivity index (χ1v) is 12.2. The van der Waals surface area contributed by atoms with Crippen molar-refractivity contribution < 1.29 is 18.7 Å². The highest BCUT2D eigenvalue weighted by atomic mass is 19.1. The molecule has 1 aromatic carbocycles. The number of benzene rings is 1. The molecule has 8 heteroatoms. The summed E-state index contributed by atoms with van der Waals surface area (Å²) in [5.74, 6) is -0.382. The van der Waals surface area contributed by atoms with E-state index >= 15 is 0 Å². The molecule has 0 aromatic heterocycles. The molecule has 3 atom stereocenters. The van der Waals surface area contributed by atoms with E-state index in [0.29, 0.717) is 43.8 Å². The van der Waals surface area contributed by atoms with Crippen LogP contribution < -0.4 is 10.6 Å². The van der Waals surface area contributed by atoms with Crippen LogP contribution in [0.15, 0.2) is 66.5 Å². The van der Waals surface area contributed by atoms with Crippen LogP contribution in [0.25, 0.3) is 0 Å². The van der Waals surface area contributed by atoms with Gasteiger partial charge in [-0.05, 0) is 38.6 Å². The average Bonchev–Trinajstić information content (AvgIpc) is 3.66. The topological polar surface area (TPSA) is 73.9 Å². The number of nitrogens with one attached hydrogen (secondary N) is 2. The summed E-state index contributed by atoms with van der Waals surface area (Å²) in [5.41, 5.74) is 1.41. The molecule has 190 valence electrons. The summed E-state index contributed by atoms with van der Waals surface area (Å²) in [5, 5.41) is 6.27. The van der Waals surface area contributed by atoms with Crippen LogP contribution in [0.3, 0.4) is 0 Å². The summed E-state index contributed by atoms with van der Waals surface area (Å²) in [4.78, 5) is 29.8. The molecule has 2 fully saturated rings. The maximum absolute atomic E-state index is 13.2. The molecule has 2 N–H and O–H groups in total. The Balaban J connectivity index is 1.45. The fourth-order valence-electron chi connectivity index (χ4n) is 4.01. The molecular formula is C27H37FN4O3. The van der Waals surface area contributed by atoms with Crippen LogP contribution in [0.1, 0.15) is 23.7 Å². The Hall–Kier alpha value is -2.81. The van der Waals surface area contributed by atoms with Crippen molar-refractivity contribution in [2.75, 3.05) is 53.0 Å². The molecule has 1 aromatic rings. The highest BCUT2D eigenvalue weighted by Crippen LogP contribution is 2.37. The van der Waals surface area contributed by atoms with Crippen molar-refractivity contribution in [3.05, 3.63) is 72.1 Å². The zero-order valence-corrected chi connectivity index (χ0v) is 20.7. The molecule has 1 unspecified atom stereocenters. The fraction of sp³-hybridized carbons (Fsp3) is 0.481. The summed E-state index contributed by atoms with van der Waals surface area (Å²) < 4.78 is 19.0. The SMILES string of the molecule is C=C(/C=C\C(F)=C/C)[C@@H]1CC1NCCOC[C@H](NC(=O)c1ccccc1)C(=O)N1CCN(C)CC1. The molecule has 3 rings (SSSR count). The number of amides is 2. The Bertz CT molecular complexity index is 926. The first kappa shape index (κ1) is 26.8. The Morgan fingerprint density at radius 2 is 1.91 bits per heavy atom. The average molecular weight is 485 g/mol. The Morgan fingerprint density at radius 3 is 2.60 bits per heavy atom. The van der Waals surface area contributed by atoms with E-state index in [0.717, 1.165) is 25.1 Å². The van der Waals surface area contributed by atoms with Crippen LogP contribution >= 0.6 is 0 Å². The molecule has 1 aliphatic carbocycles. The Labute approximate surface area is 207 Å². The van der Waals surface area contributed by atoms with Crippen LogP contribution in [0.5, 0.6) is 0 Å². The number of allylic oxidation sites excluding steroid dienone is 4. The first-order valence-electron chi connectivity index (χ1n) is 12.2. The van der Waals surface area contributed by atoms with Gasteiger partial charge in [0, 0.05) is 50.2 Å². The van der Waals surface area contributed by atoms with Gasteiger partial charge in [-0.1, -0.05) is 42.5 Å². The third kappa shape index (κ3) is 8.42. The lowest BCUT2D eigenvalue weighted by atomic mass is 10.1. The van der Waals surface area contributed by atoms with Gasteiger partial charge < -0.3 is 25.2 Å². The minimum Gasteiger partial charge on any atom is -0.377 e. The normalized spacial score (nSPS) is 21.7. The van der Waals surface area contributed by atoms with Crippen LogP contribution in [0, 0.1) is 5.92 Å². The van der Waals surface area contributed by atoms with E-state index in [9.17, 15) is 14.0 Å². The Kier molecular flexibility index (Phi) is 10.2. The summed E-state index contributed by atoms with van der Waals surface area (Å²) in [6.07, 6.45) is 5.52. The van der Waals surface area contributed by atoms with E-state index < -0.39 is 6.04 Å². The number of nitrogens with zero attached hydrogens (tertiary/aromatic N) is 2. The second kappa shape index (κ2) is 13.3. The van der Waals surface area contributed by atoms with Crippen molar-refractivity contribution in [1.82, 2.24) is 20.4 Å². The molecule has 1 aliphatic heterocycles. The molecule has 1 heterocycles. The van der Waals surface area contributed by atoms with Crippen molar-refractivity contribution in [2.24, 2.45) is 5.92 Å². The quantitative estimate of drug-likeness (QED) is 0.352. The zero-order chi connectivity index (χ0) is 25.2. The van der Waals surface area contributed by atoms with Crippen molar-refractivity contribution in [3.8, 4) is 0 Å². The standard InChI is InChI=1S/C27H37FN4O3/c1-4-22(28)11-10-20(2)23-18-24(23)29-12-17-35-19-25(27(34)32-15-13-31(3)14-16-32)30-26(33)21-8-6-5-7-9-21/h4-11,23-25,29H,2,12-19H2,1,3H3,(H,30,33)/b11-10-,22-4+/t23-,24?,25-/m0/s1. The summed E-state index contributed by atoms with van der Waals surface area (Å²) in [6, 6.07) is 8.42. The summed E-state index contributed by atoms with van der Waals surface area (Å²) in [7, 11) is 2.03. The van der Waals surface area contributed by atoms with Crippen LogP contribution in [0.4, 0.5) is 4.39 Å². The maximum Gasteiger partial charge on any atom is 0.251 e. The van der Waals surface area contributed by atoms with Gasteiger partial charge in [-0.2, -0.15) is 0 Å². The lowest BCUT2D eigenvalue weighted by Crippen LogP contribution is -2.55. The number of ether oxygens (including phenoxy) is 1. The number of carbonyl (C=O) groups excluding carboxylic acids is 2. The third-order valence-corrected chi connectivity index (χ3v) is 6.39. The van der Waals surface area contributed by atoms with Gasteiger partial charge >= 0.3 is 0 Å². The van der Waals surface area contributed by atoms with E-state index in [1.54, 1.807) is 42.2 Å². The van der Waals surface area contributed by atoms with E-state index in [-0.39, 0.29) is 24.2 Å². The van der Waals surface area contributed by atoms with E-state index in [2.05, 4.69) is 22.1 Å². The summed E-state index contributed by atoms with van der Waals surface area (Å²) in [6.45, 7) is 9.69. The monoisotopic (exact) mass is 484 g/mol. The van der Waals surface area contributed by atoms with Crippen molar-refractivity contribution >= 4 is 11.8 Å². The lowest BCUT2D eigenvalue weighted by molar-refractivity contribution is -0.136. The van der Waals surface area contributed by atoms with Crippen molar-refractivity contribution in [2.45, 2.75) is 25.4 Å². The third-order valence-electron chi connectivity index (χ3n) is 6.39. The second-order valence-corrected chi connectivity index (χ2v) is 9.08. The molecule has 1 saturated carbocycles. The first-order chi connectivity index (χ1) is 16.9. The molecular weight excluding hydrogens is 447 g/mol. The number of rotatable bonds is 12. The van der Waals surface area contributed by atoms with Gasteiger partial charge in [0.15, 0.2) is 0 Å². The van der Waals surface area contributed by atoms with Crippen molar-refractivity contribution in [3.63, 3.8) is 0 Å². The van der Waals surface area contributed by atoms with Gasteiger partial charge in [-0.15, -0.1) is 0 Å². The largest absolute Gasteiger partial charge is 0.377 e. The molecule has 0 radical (unpaired) electrons. The van der Waals surface area contributed by atoms with Crippen LogP contribution in [-0.2, 0) is 9.53 Å². The number of hydrogen-bond acceptors (Lipinski definition) is 5. The molecule has 7 nitrogen and oxygen atoms in total. The Morgan fingerprint density at radius 1 is 1.20 bits per heavy atom. The highest BCUT2D eigenvalue weighted by Gasteiger charge is 2.37. The predicted molar refractivity (Wildman–Crippen MR) is 136 cm³/mol. The molecule has 0 spiro atoms. The molecule has 2 aliphatic rings. The maximum atomic E-state index is 13.2. The van der Waals surface area contributed by atoms with Gasteiger partial charge in [-0.25, -0.2) is 4.39 Å². The van der Waals surface area contributed by atoms with Gasteiger partial charge in [0.1, 0.15) is 11.9 Å². The van der Waals surface area contributed by atoms with E-state index in [1.165, 1.54) is 12.2 Å². The lowest BCUT2D eigenvalue weighted by Gasteiger charge is -2.34. The number of carbonyl (C=O) groups is 2. The molecule has 35 heavy (non-hydrogen) atoms. The van der Waals surface area contributed by atoms with Gasteiger partial charge in [-0.3, -0.25) is 9.59 Å². The number of likely N-dealkylation sites (N-methyl/N-ethyl adjacent to an activating group) is 1. The van der Waals surface area contributed by atoms with Gasteiger partial charge in [0.05, 0.1) is 13.2 Å². The number of piperazine rings is 1. The van der Waals surface area contributed by atoms with E-state index in [4.69, 9.17) is 4.74 Å². The van der Waals surface area contributed by atoms with Crippen LogP contribution in [-0.4, -0.2) is 86.7 Å². The molecule has 1 saturated heterocycles.